The lowest BCUT2D eigenvalue weighted by Gasteiger charge is -2.26. The van der Waals surface area contributed by atoms with Gasteiger partial charge in [0.2, 0.25) is 5.91 Å². The molecule has 0 radical (unpaired) electrons. The van der Waals surface area contributed by atoms with Crippen molar-refractivity contribution in [2.75, 3.05) is 6.54 Å². The first-order valence-electron chi connectivity index (χ1n) is 7.04. The maximum absolute atomic E-state index is 12.2. The van der Waals surface area contributed by atoms with Crippen LogP contribution >= 0.6 is 0 Å². The monoisotopic (exact) mass is 273 g/mol. The van der Waals surface area contributed by atoms with E-state index >= 15 is 0 Å². The Hall–Kier alpha value is -1.95. The zero-order valence-corrected chi connectivity index (χ0v) is 11.5. The second kappa shape index (κ2) is 5.58. The zero-order chi connectivity index (χ0) is 13.9. The Morgan fingerprint density at radius 3 is 3.25 bits per heavy atom. The van der Waals surface area contributed by atoms with E-state index in [0.29, 0.717) is 12.6 Å². The van der Waals surface area contributed by atoms with Crippen LogP contribution in [0.2, 0.25) is 0 Å². The van der Waals surface area contributed by atoms with Crippen molar-refractivity contribution in [2.24, 2.45) is 5.92 Å². The number of rotatable bonds is 3. The van der Waals surface area contributed by atoms with Crippen LogP contribution in [-0.4, -0.2) is 33.1 Å². The molecule has 1 fully saturated rings. The van der Waals surface area contributed by atoms with E-state index in [1.165, 1.54) is 0 Å². The summed E-state index contributed by atoms with van der Waals surface area (Å²) in [6.07, 6.45) is 3.70. The second-order valence-corrected chi connectivity index (χ2v) is 5.34. The summed E-state index contributed by atoms with van der Waals surface area (Å²) in [7, 11) is 0. The number of nitrogens with zero attached hydrogens (tertiary/aromatic N) is 3. The quantitative estimate of drug-likeness (QED) is 0.865. The molecule has 0 bridgehead atoms. The summed E-state index contributed by atoms with van der Waals surface area (Å²) in [5.74, 6) is 0.979. The first-order chi connectivity index (χ1) is 9.74. The normalized spacial score (nSPS) is 22.9. The number of hydrogen-bond acceptors (Lipinski definition) is 4. The number of pyridine rings is 1. The average molecular weight is 273 g/mol. The molecule has 0 aromatic carbocycles. The van der Waals surface area contributed by atoms with E-state index in [2.05, 4.69) is 27.8 Å². The van der Waals surface area contributed by atoms with E-state index in [1.54, 1.807) is 0 Å². The van der Waals surface area contributed by atoms with Crippen molar-refractivity contribution < 1.29 is 4.79 Å². The lowest BCUT2D eigenvalue weighted by Crippen LogP contribution is -2.42. The van der Waals surface area contributed by atoms with E-state index in [0.717, 1.165) is 30.9 Å². The van der Waals surface area contributed by atoms with Gasteiger partial charge >= 0.3 is 0 Å². The summed E-state index contributed by atoms with van der Waals surface area (Å²) in [5.41, 5.74) is 0.798. The minimum atomic E-state index is 0.102. The largest absolute Gasteiger partial charge is 0.349 e. The van der Waals surface area contributed by atoms with Gasteiger partial charge in [-0.2, -0.15) is 0 Å². The Balaban J connectivity index is 1.63. The highest BCUT2D eigenvalue weighted by atomic mass is 16.1. The minimum Gasteiger partial charge on any atom is -0.349 e. The molecule has 1 aliphatic rings. The molecule has 3 rings (SSSR count). The van der Waals surface area contributed by atoms with E-state index in [1.807, 2.05) is 28.8 Å². The highest BCUT2D eigenvalue weighted by molar-refractivity contribution is 5.78. The number of aromatic nitrogens is 3. The van der Waals surface area contributed by atoms with Crippen molar-refractivity contribution in [1.29, 1.82) is 0 Å². The fraction of sp³-hybridized carbons (Fsp3) is 0.500. The van der Waals surface area contributed by atoms with Gasteiger partial charge in [0.05, 0.1) is 6.54 Å². The molecular formula is C14H19N5O. The third kappa shape index (κ3) is 2.65. The Kier molecular flexibility index (Phi) is 3.64. The van der Waals surface area contributed by atoms with Gasteiger partial charge in [0.15, 0.2) is 11.5 Å². The van der Waals surface area contributed by atoms with E-state index < -0.39 is 0 Å². The van der Waals surface area contributed by atoms with Crippen molar-refractivity contribution in [3.8, 4) is 0 Å². The molecule has 6 nitrogen and oxygen atoms in total. The Labute approximate surface area is 117 Å². The molecule has 3 heterocycles. The molecule has 2 unspecified atom stereocenters. The van der Waals surface area contributed by atoms with Crippen LogP contribution in [0, 0.1) is 5.92 Å². The van der Waals surface area contributed by atoms with Crippen molar-refractivity contribution in [2.45, 2.75) is 32.4 Å². The number of hydrogen-bond donors (Lipinski definition) is 2. The Morgan fingerprint density at radius 2 is 2.40 bits per heavy atom. The SMILES string of the molecule is CC1CC(C(=O)NCc2nnc3ccccn23)CCN1. The molecule has 2 N–H and O–H groups in total. The molecule has 6 heteroatoms. The van der Waals surface area contributed by atoms with E-state index in [-0.39, 0.29) is 11.8 Å². The van der Waals surface area contributed by atoms with Gasteiger partial charge in [-0.25, -0.2) is 0 Å². The predicted octanol–water partition coefficient (Wildman–Crippen LogP) is 0.734. The standard InChI is InChI=1S/C14H19N5O/c1-10-8-11(5-6-15-10)14(20)16-9-13-18-17-12-4-2-3-7-19(12)13/h2-4,7,10-11,15H,5-6,8-9H2,1H3,(H,16,20). The van der Waals surface area contributed by atoms with Gasteiger partial charge in [-0.15, -0.1) is 10.2 Å². The molecule has 1 amide bonds. The maximum Gasteiger partial charge on any atom is 0.223 e. The fourth-order valence-electron chi connectivity index (χ4n) is 2.69. The predicted molar refractivity (Wildman–Crippen MR) is 75.0 cm³/mol. The van der Waals surface area contributed by atoms with Crippen molar-refractivity contribution >= 4 is 11.6 Å². The van der Waals surface area contributed by atoms with Gasteiger partial charge in [0.25, 0.3) is 0 Å². The molecule has 106 valence electrons. The molecular weight excluding hydrogens is 254 g/mol. The van der Waals surface area contributed by atoms with Crippen LogP contribution < -0.4 is 10.6 Å². The molecule has 20 heavy (non-hydrogen) atoms. The first kappa shape index (κ1) is 13.1. The van der Waals surface area contributed by atoms with Gasteiger partial charge in [-0.1, -0.05) is 6.07 Å². The summed E-state index contributed by atoms with van der Waals surface area (Å²) in [6.45, 7) is 3.45. The van der Waals surface area contributed by atoms with Gasteiger partial charge in [0, 0.05) is 18.2 Å². The number of amides is 1. The zero-order valence-electron chi connectivity index (χ0n) is 11.5. The lowest BCUT2D eigenvalue weighted by molar-refractivity contribution is -0.126. The topological polar surface area (TPSA) is 71.3 Å². The third-order valence-electron chi connectivity index (χ3n) is 3.80. The third-order valence-corrected chi connectivity index (χ3v) is 3.80. The number of carbonyl (C=O) groups is 1. The Bertz CT molecular complexity index is 608. The summed E-state index contributed by atoms with van der Waals surface area (Å²) < 4.78 is 1.89. The summed E-state index contributed by atoms with van der Waals surface area (Å²) in [6, 6.07) is 6.15. The van der Waals surface area contributed by atoms with Gasteiger partial charge in [-0.3, -0.25) is 9.20 Å². The average Bonchev–Trinajstić information content (AvgIpc) is 2.88. The number of carbonyl (C=O) groups excluding carboxylic acids is 1. The van der Waals surface area contributed by atoms with Crippen LogP contribution in [0.4, 0.5) is 0 Å². The smallest absolute Gasteiger partial charge is 0.223 e. The maximum atomic E-state index is 12.2. The molecule has 2 aromatic heterocycles. The highest BCUT2D eigenvalue weighted by Crippen LogP contribution is 2.16. The second-order valence-electron chi connectivity index (χ2n) is 5.34. The molecule has 2 aromatic rings. The van der Waals surface area contributed by atoms with Gasteiger partial charge < -0.3 is 10.6 Å². The van der Waals surface area contributed by atoms with Crippen LogP contribution in [0.1, 0.15) is 25.6 Å². The van der Waals surface area contributed by atoms with Crippen LogP contribution in [-0.2, 0) is 11.3 Å². The number of piperidine rings is 1. The van der Waals surface area contributed by atoms with Crippen LogP contribution in [0.25, 0.3) is 5.65 Å². The van der Waals surface area contributed by atoms with E-state index in [4.69, 9.17) is 0 Å². The van der Waals surface area contributed by atoms with Gasteiger partial charge in [-0.05, 0) is 38.4 Å². The number of nitrogens with one attached hydrogen (secondary N) is 2. The minimum absolute atomic E-state index is 0.102. The summed E-state index contributed by atoms with van der Waals surface area (Å²) in [5, 5.41) is 14.5. The summed E-state index contributed by atoms with van der Waals surface area (Å²) >= 11 is 0. The molecule has 0 spiro atoms. The molecule has 2 atom stereocenters. The number of fused-ring (bicyclic) bond motifs is 1. The van der Waals surface area contributed by atoms with Crippen LogP contribution in [0.3, 0.4) is 0 Å². The molecule has 0 saturated carbocycles. The van der Waals surface area contributed by atoms with Crippen LogP contribution in [0.5, 0.6) is 0 Å². The molecule has 1 saturated heterocycles. The fourth-order valence-corrected chi connectivity index (χ4v) is 2.69. The summed E-state index contributed by atoms with van der Waals surface area (Å²) in [4.78, 5) is 12.2. The first-order valence-corrected chi connectivity index (χ1v) is 7.04. The Morgan fingerprint density at radius 1 is 1.50 bits per heavy atom. The molecule has 1 aliphatic heterocycles. The molecule has 0 aliphatic carbocycles. The lowest BCUT2D eigenvalue weighted by atomic mass is 9.92. The van der Waals surface area contributed by atoms with Crippen molar-refractivity contribution in [3.63, 3.8) is 0 Å². The van der Waals surface area contributed by atoms with E-state index in [9.17, 15) is 4.79 Å². The van der Waals surface area contributed by atoms with Crippen molar-refractivity contribution in [1.82, 2.24) is 25.2 Å². The highest BCUT2D eigenvalue weighted by Gasteiger charge is 2.24. The van der Waals surface area contributed by atoms with Crippen molar-refractivity contribution in [3.05, 3.63) is 30.2 Å². The van der Waals surface area contributed by atoms with Gasteiger partial charge in [0.1, 0.15) is 0 Å². The van der Waals surface area contributed by atoms with Crippen LogP contribution in [0.15, 0.2) is 24.4 Å².